The molecule has 0 bridgehead atoms. The molecule has 0 amide bonds. The number of benzene rings is 1. The van der Waals surface area contributed by atoms with Crippen LogP contribution >= 0.6 is 0 Å². The summed E-state index contributed by atoms with van der Waals surface area (Å²) in [6.07, 6.45) is 1.23. The van der Waals surface area contributed by atoms with E-state index in [1.165, 1.54) is 10.9 Å². The van der Waals surface area contributed by atoms with Gasteiger partial charge in [-0.1, -0.05) is 18.2 Å². The summed E-state index contributed by atoms with van der Waals surface area (Å²) in [5.41, 5.74) is 1.81. The highest BCUT2D eigenvalue weighted by Crippen LogP contribution is 2.18. The second-order valence-electron chi connectivity index (χ2n) is 3.80. The van der Waals surface area contributed by atoms with Crippen molar-refractivity contribution in [2.24, 2.45) is 0 Å². The molecule has 2 aromatic rings. The number of hydrogen-bond acceptors (Lipinski definition) is 4. The largest absolute Gasteiger partial charge is 0.309 e. The minimum absolute atomic E-state index is 0.00978. The summed E-state index contributed by atoms with van der Waals surface area (Å²) in [5.74, 6) is 0. The SMILES string of the molecule is Cc1c([N+](=O)[O-])cnn1Cc1ccccc1C#N. The first kappa shape index (κ1) is 11.8. The number of aromatic nitrogens is 2. The molecule has 0 aliphatic rings. The van der Waals surface area contributed by atoms with Crippen LogP contribution in [0.1, 0.15) is 16.8 Å². The van der Waals surface area contributed by atoms with Crippen molar-refractivity contribution in [2.75, 3.05) is 0 Å². The van der Waals surface area contributed by atoms with Gasteiger partial charge in [-0.25, -0.2) is 0 Å². The van der Waals surface area contributed by atoms with Crippen LogP contribution in [0.4, 0.5) is 5.69 Å². The van der Waals surface area contributed by atoms with Crippen LogP contribution in [-0.2, 0) is 6.54 Å². The van der Waals surface area contributed by atoms with Crippen molar-refractivity contribution in [2.45, 2.75) is 13.5 Å². The molecule has 0 fully saturated rings. The molecule has 0 N–H and O–H groups in total. The predicted molar refractivity (Wildman–Crippen MR) is 63.9 cm³/mol. The fraction of sp³-hybridized carbons (Fsp3) is 0.167. The Kier molecular flexibility index (Phi) is 3.06. The first-order valence-corrected chi connectivity index (χ1v) is 5.28. The third kappa shape index (κ3) is 2.06. The molecular weight excluding hydrogens is 232 g/mol. The second-order valence-corrected chi connectivity index (χ2v) is 3.80. The average Bonchev–Trinajstić information content (AvgIpc) is 2.72. The molecule has 0 radical (unpaired) electrons. The number of rotatable bonds is 3. The standard InChI is InChI=1S/C12H10N4O2/c1-9-12(16(17)18)7-14-15(9)8-11-5-3-2-4-10(11)6-13/h2-5,7H,8H2,1H3. The lowest BCUT2D eigenvalue weighted by atomic mass is 10.1. The summed E-state index contributed by atoms with van der Waals surface area (Å²) in [6.45, 7) is 1.99. The summed E-state index contributed by atoms with van der Waals surface area (Å²) >= 11 is 0. The summed E-state index contributed by atoms with van der Waals surface area (Å²) in [7, 11) is 0. The Labute approximate surface area is 103 Å². The molecule has 90 valence electrons. The maximum Gasteiger partial charge on any atom is 0.309 e. The maximum absolute atomic E-state index is 10.7. The first-order valence-electron chi connectivity index (χ1n) is 5.28. The average molecular weight is 242 g/mol. The second kappa shape index (κ2) is 4.67. The van der Waals surface area contributed by atoms with Gasteiger partial charge in [0.15, 0.2) is 0 Å². The van der Waals surface area contributed by atoms with Crippen LogP contribution in [0.25, 0.3) is 0 Å². The van der Waals surface area contributed by atoms with Gasteiger partial charge in [-0.15, -0.1) is 0 Å². The van der Waals surface area contributed by atoms with Crippen LogP contribution in [-0.4, -0.2) is 14.7 Å². The van der Waals surface area contributed by atoms with Gasteiger partial charge in [0.2, 0.25) is 0 Å². The quantitative estimate of drug-likeness (QED) is 0.608. The van der Waals surface area contributed by atoms with E-state index in [0.29, 0.717) is 17.8 Å². The van der Waals surface area contributed by atoms with Gasteiger partial charge in [0.25, 0.3) is 0 Å². The lowest BCUT2D eigenvalue weighted by Gasteiger charge is -2.05. The van der Waals surface area contributed by atoms with E-state index >= 15 is 0 Å². The molecule has 2 rings (SSSR count). The minimum Gasteiger partial charge on any atom is -0.258 e. The summed E-state index contributed by atoms with van der Waals surface area (Å²) < 4.78 is 1.52. The van der Waals surface area contributed by atoms with E-state index in [1.807, 2.05) is 12.1 Å². The van der Waals surface area contributed by atoms with Crippen LogP contribution in [0, 0.1) is 28.4 Å². The van der Waals surface area contributed by atoms with Gasteiger partial charge in [0, 0.05) is 0 Å². The Hall–Kier alpha value is -2.68. The van der Waals surface area contributed by atoms with Crippen molar-refractivity contribution in [3.05, 3.63) is 57.4 Å². The Bertz CT molecular complexity index is 640. The molecule has 0 saturated heterocycles. The number of hydrogen-bond donors (Lipinski definition) is 0. The van der Waals surface area contributed by atoms with Gasteiger partial charge in [-0.3, -0.25) is 14.8 Å². The Morgan fingerprint density at radius 1 is 1.50 bits per heavy atom. The molecule has 6 heteroatoms. The molecule has 1 aromatic carbocycles. The van der Waals surface area contributed by atoms with Crippen molar-refractivity contribution in [3.8, 4) is 6.07 Å². The highest BCUT2D eigenvalue weighted by atomic mass is 16.6. The molecular formula is C12H10N4O2. The van der Waals surface area contributed by atoms with Crippen molar-refractivity contribution < 1.29 is 4.92 Å². The zero-order valence-corrected chi connectivity index (χ0v) is 9.70. The Morgan fingerprint density at radius 2 is 2.22 bits per heavy atom. The molecule has 18 heavy (non-hydrogen) atoms. The lowest BCUT2D eigenvalue weighted by Crippen LogP contribution is -2.05. The minimum atomic E-state index is -0.463. The third-order valence-electron chi connectivity index (χ3n) is 2.73. The first-order chi connectivity index (χ1) is 8.63. The Morgan fingerprint density at radius 3 is 2.83 bits per heavy atom. The number of nitrogens with zero attached hydrogens (tertiary/aromatic N) is 4. The molecule has 1 heterocycles. The summed E-state index contributed by atoms with van der Waals surface area (Å²) in [6, 6.07) is 9.21. The van der Waals surface area contributed by atoms with Gasteiger partial charge >= 0.3 is 5.69 Å². The zero-order chi connectivity index (χ0) is 13.1. The third-order valence-corrected chi connectivity index (χ3v) is 2.73. The number of nitriles is 1. The molecule has 0 unspecified atom stereocenters. The fourth-order valence-corrected chi connectivity index (χ4v) is 1.70. The van der Waals surface area contributed by atoms with Crippen LogP contribution in [0.5, 0.6) is 0 Å². The summed E-state index contributed by atoms with van der Waals surface area (Å²) in [5, 5.41) is 23.7. The van der Waals surface area contributed by atoms with Gasteiger partial charge in [-0.05, 0) is 18.6 Å². The van der Waals surface area contributed by atoms with E-state index in [2.05, 4.69) is 11.2 Å². The normalized spacial score (nSPS) is 10.0. The van der Waals surface area contributed by atoms with Gasteiger partial charge in [0.1, 0.15) is 11.9 Å². The van der Waals surface area contributed by atoms with E-state index < -0.39 is 4.92 Å². The molecule has 6 nitrogen and oxygen atoms in total. The maximum atomic E-state index is 10.7. The van der Waals surface area contributed by atoms with E-state index in [-0.39, 0.29) is 5.69 Å². The van der Waals surface area contributed by atoms with E-state index in [4.69, 9.17) is 5.26 Å². The molecule has 0 spiro atoms. The van der Waals surface area contributed by atoms with Crippen LogP contribution in [0.2, 0.25) is 0 Å². The highest BCUT2D eigenvalue weighted by molar-refractivity contribution is 5.38. The van der Waals surface area contributed by atoms with E-state index in [1.54, 1.807) is 19.1 Å². The monoisotopic (exact) mass is 242 g/mol. The van der Waals surface area contributed by atoms with Crippen LogP contribution < -0.4 is 0 Å². The number of nitro groups is 1. The van der Waals surface area contributed by atoms with E-state index in [9.17, 15) is 10.1 Å². The van der Waals surface area contributed by atoms with Gasteiger partial charge < -0.3 is 0 Å². The zero-order valence-electron chi connectivity index (χ0n) is 9.70. The van der Waals surface area contributed by atoms with Crippen molar-refractivity contribution >= 4 is 5.69 Å². The van der Waals surface area contributed by atoms with Crippen LogP contribution in [0.3, 0.4) is 0 Å². The van der Waals surface area contributed by atoms with Crippen LogP contribution in [0.15, 0.2) is 30.5 Å². The topological polar surface area (TPSA) is 84.8 Å². The van der Waals surface area contributed by atoms with Crippen molar-refractivity contribution in [1.29, 1.82) is 5.26 Å². The highest BCUT2D eigenvalue weighted by Gasteiger charge is 2.16. The summed E-state index contributed by atoms with van der Waals surface area (Å²) in [4.78, 5) is 10.2. The van der Waals surface area contributed by atoms with Crippen molar-refractivity contribution in [1.82, 2.24) is 9.78 Å². The molecule has 0 aliphatic carbocycles. The van der Waals surface area contributed by atoms with Gasteiger partial charge in [-0.2, -0.15) is 10.4 Å². The van der Waals surface area contributed by atoms with E-state index in [0.717, 1.165) is 5.56 Å². The smallest absolute Gasteiger partial charge is 0.258 e. The molecule has 1 aromatic heterocycles. The lowest BCUT2D eigenvalue weighted by molar-refractivity contribution is -0.385. The fourth-order valence-electron chi connectivity index (χ4n) is 1.70. The molecule has 0 aliphatic heterocycles. The predicted octanol–water partition coefficient (Wildman–Crippen LogP) is 2.02. The van der Waals surface area contributed by atoms with Gasteiger partial charge in [0.05, 0.1) is 23.1 Å². The molecule has 0 atom stereocenters. The molecule has 0 saturated carbocycles. The Balaban J connectivity index is 2.35. The van der Waals surface area contributed by atoms with Crippen molar-refractivity contribution in [3.63, 3.8) is 0 Å².